The summed E-state index contributed by atoms with van der Waals surface area (Å²) in [5.41, 5.74) is 2.24. The Morgan fingerprint density at radius 3 is 2.45 bits per heavy atom. The minimum atomic E-state index is -0.200. The molecule has 1 unspecified atom stereocenters. The predicted octanol–water partition coefficient (Wildman–Crippen LogP) is 10.0. The normalized spacial score (nSPS) is 14.6. The van der Waals surface area contributed by atoms with Gasteiger partial charge in [-0.25, -0.2) is 4.98 Å². The summed E-state index contributed by atoms with van der Waals surface area (Å²) < 4.78 is 13.4. The van der Waals surface area contributed by atoms with Crippen LogP contribution in [0.25, 0.3) is 21.0 Å². The van der Waals surface area contributed by atoms with Crippen LogP contribution < -0.4 is 9.64 Å². The first-order valence-electron chi connectivity index (χ1n) is 18.3. The quantitative estimate of drug-likeness (QED) is 0.0657. The van der Waals surface area contributed by atoms with Crippen molar-refractivity contribution in [1.82, 2.24) is 9.88 Å². The van der Waals surface area contributed by atoms with Crippen molar-refractivity contribution < 1.29 is 14.3 Å². The van der Waals surface area contributed by atoms with Gasteiger partial charge in [-0.2, -0.15) is 0 Å². The van der Waals surface area contributed by atoms with Crippen LogP contribution in [0.2, 0.25) is 0 Å². The van der Waals surface area contributed by atoms with E-state index in [9.17, 15) is 4.79 Å². The third kappa shape index (κ3) is 11.6. The van der Waals surface area contributed by atoms with E-state index in [-0.39, 0.29) is 5.97 Å². The maximum atomic E-state index is 12.4. The Morgan fingerprint density at radius 1 is 0.809 bits per heavy atom. The van der Waals surface area contributed by atoms with Gasteiger partial charge < -0.3 is 14.4 Å². The van der Waals surface area contributed by atoms with Crippen molar-refractivity contribution in [2.45, 2.75) is 103 Å². The van der Waals surface area contributed by atoms with Crippen LogP contribution >= 0.6 is 11.3 Å². The molecule has 0 aliphatic carbocycles. The Labute approximate surface area is 286 Å². The van der Waals surface area contributed by atoms with E-state index in [4.69, 9.17) is 9.47 Å². The Morgan fingerprint density at radius 2 is 1.60 bits per heavy atom. The minimum Gasteiger partial charge on any atom is -0.407 e. The van der Waals surface area contributed by atoms with Gasteiger partial charge in [0.25, 0.3) is 0 Å². The van der Waals surface area contributed by atoms with Crippen LogP contribution in [-0.2, 0) is 9.53 Å². The molecule has 4 aromatic rings. The Balaban J connectivity index is 0.955. The van der Waals surface area contributed by atoms with Crippen LogP contribution in [0, 0.1) is 0 Å². The fourth-order valence-electron chi connectivity index (χ4n) is 6.71. The van der Waals surface area contributed by atoms with E-state index in [1.54, 1.807) is 6.07 Å². The maximum Gasteiger partial charge on any atom is 0.312 e. The highest BCUT2D eigenvalue weighted by molar-refractivity contribution is 7.17. The zero-order valence-corrected chi connectivity index (χ0v) is 29.4. The molecular formula is C40H55N3O3S. The lowest BCUT2D eigenvalue weighted by atomic mass is 10.0. The first-order chi connectivity index (χ1) is 23.2. The van der Waals surface area contributed by atoms with Crippen molar-refractivity contribution >= 4 is 44.0 Å². The number of piperazine rings is 1. The van der Waals surface area contributed by atoms with Crippen molar-refractivity contribution in [3.05, 3.63) is 66.0 Å². The van der Waals surface area contributed by atoms with Gasteiger partial charge in [0.05, 0.1) is 11.6 Å². The average Bonchev–Trinajstić information content (AvgIpc) is 3.59. The lowest BCUT2D eigenvalue weighted by molar-refractivity contribution is -0.134. The highest BCUT2D eigenvalue weighted by Crippen LogP contribution is 2.31. The van der Waals surface area contributed by atoms with Crippen LogP contribution in [0.4, 0.5) is 5.69 Å². The number of carbonyl (C=O) groups is 1. The van der Waals surface area contributed by atoms with Gasteiger partial charge in [-0.3, -0.25) is 9.69 Å². The maximum absolute atomic E-state index is 12.4. The summed E-state index contributed by atoms with van der Waals surface area (Å²) in [6.45, 7) is 8.76. The number of anilines is 1. The van der Waals surface area contributed by atoms with Gasteiger partial charge in [-0.15, -0.1) is 11.3 Å². The standard InChI is InChI=1S/C40H55N3O3S/c1-2-3-4-5-6-8-17-34(18-9-7-10-22-40(44)46-39-24-23-33-16-11-12-19-36(33)41-39)45-31-14-13-26-42-27-29-43(30-28-42)37-20-15-21-38-35(37)25-32-47-38/h11-12,15-16,19-21,23-25,32,34H,2-10,13-14,17-18,22,26-31H2,1H3. The van der Waals surface area contributed by atoms with Crippen molar-refractivity contribution in [2.75, 3.05) is 44.2 Å². The van der Waals surface area contributed by atoms with Gasteiger partial charge >= 0.3 is 5.97 Å². The van der Waals surface area contributed by atoms with Gasteiger partial charge in [-0.1, -0.05) is 82.6 Å². The summed E-state index contributed by atoms with van der Waals surface area (Å²) in [6.07, 6.45) is 16.1. The largest absolute Gasteiger partial charge is 0.407 e. The second-order valence-electron chi connectivity index (χ2n) is 13.1. The number of para-hydroxylation sites is 1. The molecule has 7 heteroatoms. The Bertz CT molecular complexity index is 1480. The van der Waals surface area contributed by atoms with E-state index in [1.807, 2.05) is 41.7 Å². The van der Waals surface area contributed by atoms with Gasteiger partial charge in [0.15, 0.2) is 0 Å². The molecule has 5 rings (SSSR count). The van der Waals surface area contributed by atoms with Crippen LogP contribution in [0.5, 0.6) is 5.88 Å². The van der Waals surface area contributed by atoms with Crippen LogP contribution in [0.15, 0.2) is 66.0 Å². The number of aromatic nitrogens is 1. The van der Waals surface area contributed by atoms with Crippen molar-refractivity contribution in [2.24, 2.45) is 0 Å². The summed E-state index contributed by atoms with van der Waals surface area (Å²) in [7, 11) is 0. The molecule has 1 atom stereocenters. The molecule has 0 saturated carbocycles. The van der Waals surface area contributed by atoms with E-state index in [2.05, 4.69) is 51.4 Å². The fraction of sp³-hybridized carbons (Fsp3) is 0.550. The SMILES string of the molecule is CCCCCCCCC(CCCCCC(=O)Oc1ccc2ccccc2n1)OCCCCN1CCN(c2cccc3sccc23)CC1. The Kier molecular flexibility index (Phi) is 14.8. The summed E-state index contributed by atoms with van der Waals surface area (Å²) >= 11 is 1.83. The molecule has 254 valence electrons. The molecule has 0 N–H and O–H groups in total. The Hall–Kier alpha value is -3.00. The number of rotatable bonds is 21. The number of hydrogen-bond acceptors (Lipinski definition) is 7. The summed E-state index contributed by atoms with van der Waals surface area (Å²) in [5, 5.41) is 4.65. The van der Waals surface area contributed by atoms with E-state index in [0.29, 0.717) is 18.4 Å². The highest BCUT2D eigenvalue weighted by Gasteiger charge is 2.19. The number of thiophene rings is 1. The van der Waals surface area contributed by atoms with Crippen molar-refractivity contribution in [3.63, 3.8) is 0 Å². The average molecular weight is 658 g/mol. The first kappa shape index (κ1) is 35.3. The topological polar surface area (TPSA) is 54.9 Å². The van der Waals surface area contributed by atoms with Crippen LogP contribution in [0.3, 0.4) is 0 Å². The molecule has 1 fully saturated rings. The first-order valence-corrected chi connectivity index (χ1v) is 19.2. The lowest BCUT2D eigenvalue weighted by Crippen LogP contribution is -2.46. The molecule has 0 spiro atoms. The van der Waals surface area contributed by atoms with E-state index >= 15 is 0 Å². The molecule has 0 amide bonds. The molecule has 0 bridgehead atoms. The number of pyridine rings is 1. The van der Waals surface area contributed by atoms with Crippen molar-refractivity contribution in [1.29, 1.82) is 0 Å². The minimum absolute atomic E-state index is 0.200. The summed E-state index contributed by atoms with van der Waals surface area (Å²) in [4.78, 5) is 22.1. The van der Waals surface area contributed by atoms with Gasteiger partial charge in [-0.05, 0) is 74.4 Å². The predicted molar refractivity (Wildman–Crippen MR) is 198 cm³/mol. The van der Waals surface area contributed by atoms with E-state index in [0.717, 1.165) is 88.8 Å². The van der Waals surface area contributed by atoms with Gasteiger partial charge in [0.1, 0.15) is 0 Å². The summed E-state index contributed by atoms with van der Waals surface area (Å²) in [6, 6.07) is 20.6. The molecule has 0 radical (unpaired) electrons. The third-order valence-electron chi connectivity index (χ3n) is 9.49. The number of esters is 1. The number of ether oxygens (including phenoxy) is 2. The number of unbranched alkanes of at least 4 members (excludes halogenated alkanes) is 8. The van der Waals surface area contributed by atoms with E-state index < -0.39 is 0 Å². The van der Waals surface area contributed by atoms with E-state index in [1.165, 1.54) is 60.7 Å². The number of nitrogens with zero attached hydrogens (tertiary/aromatic N) is 3. The summed E-state index contributed by atoms with van der Waals surface area (Å²) in [5.74, 6) is 0.184. The molecule has 3 heterocycles. The van der Waals surface area contributed by atoms with Gasteiger partial charge in [0, 0.05) is 66.4 Å². The number of benzene rings is 2. The highest BCUT2D eigenvalue weighted by atomic mass is 32.1. The zero-order chi connectivity index (χ0) is 32.5. The molecule has 2 aromatic carbocycles. The second kappa shape index (κ2) is 19.7. The smallest absolute Gasteiger partial charge is 0.312 e. The zero-order valence-electron chi connectivity index (χ0n) is 28.5. The number of fused-ring (bicyclic) bond motifs is 2. The molecule has 6 nitrogen and oxygen atoms in total. The van der Waals surface area contributed by atoms with Crippen molar-refractivity contribution in [3.8, 4) is 5.88 Å². The number of carbonyl (C=O) groups excluding carboxylic acids is 1. The monoisotopic (exact) mass is 657 g/mol. The number of hydrogen-bond donors (Lipinski definition) is 0. The molecule has 47 heavy (non-hydrogen) atoms. The molecule has 1 aliphatic rings. The molecule has 1 saturated heterocycles. The molecule has 1 aliphatic heterocycles. The van der Waals surface area contributed by atoms with Gasteiger partial charge in [0.2, 0.25) is 5.88 Å². The fourth-order valence-corrected chi connectivity index (χ4v) is 7.51. The lowest BCUT2D eigenvalue weighted by Gasteiger charge is -2.36. The van der Waals surface area contributed by atoms with Crippen LogP contribution in [-0.4, -0.2) is 61.3 Å². The van der Waals surface area contributed by atoms with Crippen LogP contribution in [0.1, 0.15) is 96.8 Å². The second-order valence-corrected chi connectivity index (χ2v) is 14.1. The molecular weight excluding hydrogens is 603 g/mol. The molecule has 2 aromatic heterocycles. The third-order valence-corrected chi connectivity index (χ3v) is 10.4.